The van der Waals surface area contributed by atoms with Gasteiger partial charge in [-0.15, -0.1) is 0 Å². The first-order valence-electron chi connectivity index (χ1n) is 11.0. The predicted octanol–water partition coefficient (Wildman–Crippen LogP) is 5.72. The Labute approximate surface area is 162 Å². The molecule has 0 aromatic rings. The van der Waals surface area contributed by atoms with E-state index in [1.807, 2.05) is 0 Å². The molecule has 0 N–H and O–H groups in total. The van der Waals surface area contributed by atoms with Crippen LogP contribution in [0.5, 0.6) is 0 Å². The fourth-order valence-corrected chi connectivity index (χ4v) is 6.29. The molecular formula is C21H42O4Si. The molecule has 0 aromatic heterocycles. The van der Waals surface area contributed by atoms with Crippen molar-refractivity contribution in [1.29, 1.82) is 0 Å². The van der Waals surface area contributed by atoms with Crippen LogP contribution in [0.3, 0.4) is 0 Å². The van der Waals surface area contributed by atoms with E-state index in [1.165, 1.54) is 83.5 Å². The summed E-state index contributed by atoms with van der Waals surface area (Å²) in [6.07, 6.45) is 20.5. The molecule has 154 valence electrons. The van der Waals surface area contributed by atoms with Crippen molar-refractivity contribution in [2.75, 3.05) is 21.3 Å². The van der Waals surface area contributed by atoms with Crippen LogP contribution in [0.25, 0.3) is 0 Å². The number of fused-ring (bicyclic) bond motifs is 1. The number of hydrogen-bond donors (Lipinski definition) is 0. The maximum absolute atomic E-state index is 5.63. The van der Waals surface area contributed by atoms with Crippen LogP contribution in [-0.4, -0.2) is 42.3 Å². The third kappa shape index (κ3) is 7.97. The lowest BCUT2D eigenvalue weighted by Crippen LogP contribution is -2.42. The van der Waals surface area contributed by atoms with Gasteiger partial charge in [-0.3, -0.25) is 0 Å². The molecule has 1 saturated heterocycles. The molecule has 1 aliphatic heterocycles. The molecule has 2 aliphatic rings. The second-order valence-corrected chi connectivity index (χ2v) is 11.4. The minimum atomic E-state index is -2.33. The summed E-state index contributed by atoms with van der Waals surface area (Å²) in [6.45, 7) is 0. The largest absolute Gasteiger partial charge is 0.500 e. The lowest BCUT2D eigenvalue weighted by atomic mass is 9.85. The van der Waals surface area contributed by atoms with E-state index in [2.05, 4.69) is 0 Å². The van der Waals surface area contributed by atoms with Gasteiger partial charge >= 0.3 is 8.80 Å². The first-order valence-corrected chi connectivity index (χ1v) is 13.0. The molecular weight excluding hydrogens is 344 g/mol. The van der Waals surface area contributed by atoms with Crippen LogP contribution in [0, 0.1) is 5.92 Å². The third-order valence-electron chi connectivity index (χ3n) is 6.39. The van der Waals surface area contributed by atoms with Crippen molar-refractivity contribution >= 4 is 8.80 Å². The lowest BCUT2D eigenvalue weighted by molar-refractivity contribution is 0.122. The zero-order valence-corrected chi connectivity index (χ0v) is 18.5. The van der Waals surface area contributed by atoms with Crippen LogP contribution < -0.4 is 0 Å². The van der Waals surface area contributed by atoms with Gasteiger partial charge in [0, 0.05) is 27.4 Å². The number of rotatable bonds is 16. The number of unbranched alkanes of at least 4 members (excludes halogenated alkanes) is 9. The summed E-state index contributed by atoms with van der Waals surface area (Å²) in [6, 6.07) is 0.936. The molecule has 0 aromatic carbocycles. The highest BCUT2D eigenvalue weighted by Crippen LogP contribution is 2.41. The molecule has 4 nitrogen and oxygen atoms in total. The summed E-state index contributed by atoms with van der Waals surface area (Å²) in [4.78, 5) is 0. The Bertz CT molecular complexity index is 354. The Hall–Kier alpha value is 0.0569. The van der Waals surface area contributed by atoms with E-state index in [1.54, 1.807) is 21.3 Å². The van der Waals surface area contributed by atoms with Gasteiger partial charge in [-0.05, 0) is 31.6 Å². The molecule has 5 heteroatoms. The Morgan fingerprint density at radius 3 is 1.77 bits per heavy atom. The topological polar surface area (TPSA) is 40.2 Å². The summed E-state index contributed by atoms with van der Waals surface area (Å²) in [7, 11) is 2.77. The molecule has 1 heterocycles. The first-order chi connectivity index (χ1) is 12.7. The van der Waals surface area contributed by atoms with Gasteiger partial charge in [0.15, 0.2) is 0 Å². The van der Waals surface area contributed by atoms with E-state index in [4.69, 9.17) is 18.0 Å². The summed E-state index contributed by atoms with van der Waals surface area (Å²) in [5, 5.41) is 0. The van der Waals surface area contributed by atoms with E-state index >= 15 is 0 Å². The van der Waals surface area contributed by atoms with Crippen molar-refractivity contribution in [3.8, 4) is 0 Å². The van der Waals surface area contributed by atoms with E-state index in [-0.39, 0.29) is 0 Å². The fourth-order valence-electron chi connectivity index (χ4n) is 4.49. The highest BCUT2D eigenvalue weighted by atomic mass is 28.4. The average molecular weight is 387 g/mol. The Morgan fingerprint density at radius 2 is 1.23 bits per heavy atom. The average Bonchev–Trinajstić information content (AvgIpc) is 3.45. The van der Waals surface area contributed by atoms with E-state index in [0.29, 0.717) is 12.2 Å². The molecule has 0 amide bonds. The SMILES string of the molecule is CO[Si](CCCCCCCCCCCCC1CCC2OC2C1)(OC)OC. The van der Waals surface area contributed by atoms with Crippen molar-refractivity contribution < 1.29 is 18.0 Å². The lowest BCUT2D eigenvalue weighted by Gasteiger charge is -2.24. The van der Waals surface area contributed by atoms with Crippen molar-refractivity contribution in [3.63, 3.8) is 0 Å². The van der Waals surface area contributed by atoms with Gasteiger partial charge in [0.25, 0.3) is 0 Å². The number of hydrogen-bond acceptors (Lipinski definition) is 4. The zero-order chi connectivity index (χ0) is 18.7. The Kier molecular flexibility index (Phi) is 10.7. The van der Waals surface area contributed by atoms with Gasteiger partial charge in [-0.2, -0.15) is 0 Å². The van der Waals surface area contributed by atoms with Gasteiger partial charge < -0.3 is 18.0 Å². The van der Waals surface area contributed by atoms with Crippen LogP contribution in [0.1, 0.15) is 89.9 Å². The Morgan fingerprint density at radius 1 is 0.692 bits per heavy atom. The maximum Gasteiger partial charge on any atom is 0.500 e. The van der Waals surface area contributed by atoms with Gasteiger partial charge in [0.2, 0.25) is 0 Å². The van der Waals surface area contributed by atoms with Gasteiger partial charge in [0.1, 0.15) is 0 Å². The van der Waals surface area contributed by atoms with Crippen molar-refractivity contribution in [2.24, 2.45) is 5.92 Å². The molecule has 0 spiro atoms. The summed E-state index contributed by atoms with van der Waals surface area (Å²) < 4.78 is 22.0. The van der Waals surface area contributed by atoms with E-state index in [0.717, 1.165) is 18.4 Å². The monoisotopic (exact) mass is 386 g/mol. The molecule has 1 aliphatic carbocycles. The van der Waals surface area contributed by atoms with Gasteiger partial charge in [-0.1, -0.05) is 64.2 Å². The fraction of sp³-hybridized carbons (Fsp3) is 1.00. The molecule has 2 rings (SSSR count). The van der Waals surface area contributed by atoms with Crippen LogP contribution in [0.15, 0.2) is 0 Å². The predicted molar refractivity (Wildman–Crippen MR) is 108 cm³/mol. The molecule has 26 heavy (non-hydrogen) atoms. The second-order valence-electron chi connectivity index (χ2n) is 8.26. The van der Waals surface area contributed by atoms with Crippen LogP contribution in [0.4, 0.5) is 0 Å². The van der Waals surface area contributed by atoms with Crippen molar-refractivity contribution in [1.82, 2.24) is 0 Å². The maximum atomic E-state index is 5.63. The molecule has 3 unspecified atom stereocenters. The van der Waals surface area contributed by atoms with E-state index in [9.17, 15) is 0 Å². The van der Waals surface area contributed by atoms with Crippen LogP contribution in [-0.2, 0) is 18.0 Å². The number of ether oxygens (including phenoxy) is 1. The quantitative estimate of drug-likeness (QED) is 0.193. The highest BCUT2D eigenvalue weighted by molar-refractivity contribution is 6.60. The van der Waals surface area contributed by atoms with Gasteiger partial charge in [0.05, 0.1) is 12.2 Å². The summed E-state index contributed by atoms with van der Waals surface area (Å²) in [5.41, 5.74) is 0. The second kappa shape index (κ2) is 12.5. The normalized spacial score (nSPS) is 25.3. The van der Waals surface area contributed by atoms with Crippen molar-refractivity contribution in [3.05, 3.63) is 0 Å². The summed E-state index contributed by atoms with van der Waals surface area (Å²) >= 11 is 0. The zero-order valence-electron chi connectivity index (χ0n) is 17.5. The third-order valence-corrected chi connectivity index (χ3v) is 9.22. The van der Waals surface area contributed by atoms with E-state index < -0.39 is 8.80 Å². The standard InChI is InChI=1S/C21H42O4Si/c1-22-26(23-2,24-3)17-13-11-9-7-5-4-6-8-10-12-14-19-15-16-20-21(18-19)25-20/h19-21H,4-18H2,1-3H3. The van der Waals surface area contributed by atoms with Gasteiger partial charge in [-0.25, -0.2) is 0 Å². The number of epoxide rings is 1. The minimum Gasteiger partial charge on any atom is -0.377 e. The Balaban J connectivity index is 1.31. The molecule has 0 radical (unpaired) electrons. The molecule has 0 bridgehead atoms. The first kappa shape index (κ1) is 22.3. The molecule has 3 atom stereocenters. The highest BCUT2D eigenvalue weighted by Gasteiger charge is 2.43. The molecule has 2 fully saturated rings. The van der Waals surface area contributed by atoms with Crippen LogP contribution >= 0.6 is 0 Å². The summed E-state index contributed by atoms with van der Waals surface area (Å²) in [5.74, 6) is 0.967. The molecule has 1 saturated carbocycles. The van der Waals surface area contributed by atoms with Crippen LogP contribution in [0.2, 0.25) is 6.04 Å². The smallest absolute Gasteiger partial charge is 0.377 e. The van der Waals surface area contributed by atoms with Crippen molar-refractivity contribution in [2.45, 2.75) is 108 Å². The minimum absolute atomic E-state index is 0.658.